The SMILES string of the molecule is CC.CC(C)Cc1ccccc1.CCc1ccccc1. The molecule has 0 amide bonds. The molecule has 0 bridgehead atoms. The van der Waals surface area contributed by atoms with Gasteiger partial charge in [0.15, 0.2) is 0 Å². The molecule has 2 aromatic rings. The van der Waals surface area contributed by atoms with Gasteiger partial charge < -0.3 is 0 Å². The first-order valence-corrected chi connectivity index (χ1v) is 7.80. The van der Waals surface area contributed by atoms with E-state index < -0.39 is 0 Å². The zero-order valence-electron chi connectivity index (χ0n) is 13.8. The van der Waals surface area contributed by atoms with Gasteiger partial charge in [0.1, 0.15) is 0 Å². The van der Waals surface area contributed by atoms with Gasteiger partial charge in [-0.05, 0) is 29.9 Å². The first-order chi connectivity index (χ1) is 9.72. The Kier molecular flexibility index (Phi) is 11.5. The van der Waals surface area contributed by atoms with Crippen LogP contribution in [0.1, 0.15) is 45.7 Å². The topological polar surface area (TPSA) is 0 Å². The molecule has 0 fully saturated rings. The maximum atomic E-state index is 2.24. The molecule has 0 heteroatoms. The zero-order chi connectivity index (χ0) is 15.2. The van der Waals surface area contributed by atoms with Gasteiger partial charge in [-0.15, -0.1) is 0 Å². The van der Waals surface area contributed by atoms with E-state index in [0.717, 1.165) is 12.3 Å². The van der Waals surface area contributed by atoms with Gasteiger partial charge in [-0.25, -0.2) is 0 Å². The molecule has 0 radical (unpaired) electrons. The van der Waals surface area contributed by atoms with Crippen LogP contribution in [0.5, 0.6) is 0 Å². The summed E-state index contributed by atoms with van der Waals surface area (Å²) in [6.07, 6.45) is 2.34. The summed E-state index contributed by atoms with van der Waals surface area (Å²) < 4.78 is 0. The second kappa shape index (κ2) is 12.5. The van der Waals surface area contributed by atoms with Crippen LogP contribution in [0.3, 0.4) is 0 Å². The van der Waals surface area contributed by atoms with E-state index in [1.807, 2.05) is 19.9 Å². The predicted octanol–water partition coefficient (Wildman–Crippen LogP) is 6.16. The van der Waals surface area contributed by atoms with E-state index in [1.54, 1.807) is 0 Å². The minimum atomic E-state index is 0.766. The Morgan fingerprint density at radius 3 is 1.40 bits per heavy atom. The van der Waals surface area contributed by atoms with Crippen LogP contribution < -0.4 is 0 Å². The average Bonchev–Trinajstić information content (AvgIpc) is 2.51. The van der Waals surface area contributed by atoms with Gasteiger partial charge >= 0.3 is 0 Å². The first kappa shape index (κ1) is 18.4. The maximum Gasteiger partial charge on any atom is -0.0256 e. The first-order valence-electron chi connectivity index (χ1n) is 7.80. The normalized spacial score (nSPS) is 9.10. The van der Waals surface area contributed by atoms with Gasteiger partial charge in [0.2, 0.25) is 0 Å². The number of benzene rings is 2. The fourth-order valence-electron chi connectivity index (χ4n) is 1.80. The lowest BCUT2D eigenvalue weighted by Gasteiger charge is -2.02. The van der Waals surface area contributed by atoms with Crippen molar-refractivity contribution in [1.29, 1.82) is 0 Å². The molecular formula is C20H30. The van der Waals surface area contributed by atoms with Crippen LogP contribution in [0.4, 0.5) is 0 Å². The summed E-state index contributed by atoms with van der Waals surface area (Å²) in [5.41, 5.74) is 2.85. The van der Waals surface area contributed by atoms with Crippen LogP contribution in [-0.2, 0) is 12.8 Å². The summed E-state index contributed by atoms with van der Waals surface area (Å²) in [5, 5.41) is 0. The number of aryl methyl sites for hydroxylation is 1. The molecule has 0 N–H and O–H groups in total. The minimum Gasteiger partial charge on any atom is -0.0683 e. The highest BCUT2D eigenvalue weighted by Crippen LogP contribution is 2.06. The molecule has 0 saturated carbocycles. The highest BCUT2D eigenvalue weighted by atomic mass is 14.0. The summed E-state index contributed by atoms with van der Waals surface area (Å²) in [5.74, 6) is 0.766. The quantitative estimate of drug-likeness (QED) is 0.626. The Morgan fingerprint density at radius 2 is 1.10 bits per heavy atom. The second-order valence-corrected chi connectivity index (χ2v) is 4.92. The predicted molar refractivity (Wildman–Crippen MR) is 92.2 cm³/mol. The van der Waals surface area contributed by atoms with Crippen molar-refractivity contribution in [1.82, 2.24) is 0 Å². The molecule has 0 aliphatic heterocycles. The van der Waals surface area contributed by atoms with Gasteiger partial charge in [-0.2, -0.15) is 0 Å². The Bertz CT molecular complexity index is 401. The largest absolute Gasteiger partial charge is 0.0683 e. The fourth-order valence-corrected chi connectivity index (χ4v) is 1.80. The third-order valence-corrected chi connectivity index (χ3v) is 2.74. The highest BCUT2D eigenvalue weighted by molar-refractivity contribution is 5.15. The molecule has 20 heavy (non-hydrogen) atoms. The summed E-state index contributed by atoms with van der Waals surface area (Å²) in [6.45, 7) is 10.6. The van der Waals surface area contributed by atoms with E-state index in [2.05, 4.69) is 75.4 Å². The molecule has 0 atom stereocenters. The molecule has 2 aromatic carbocycles. The van der Waals surface area contributed by atoms with Gasteiger partial charge in [0.05, 0.1) is 0 Å². The Labute approximate surface area is 125 Å². The van der Waals surface area contributed by atoms with Crippen LogP contribution >= 0.6 is 0 Å². The van der Waals surface area contributed by atoms with Gasteiger partial charge in [0, 0.05) is 0 Å². The van der Waals surface area contributed by atoms with Crippen molar-refractivity contribution in [2.45, 2.75) is 47.5 Å². The Morgan fingerprint density at radius 1 is 0.700 bits per heavy atom. The fraction of sp³-hybridized carbons (Fsp3) is 0.400. The van der Waals surface area contributed by atoms with Crippen LogP contribution in [0.25, 0.3) is 0 Å². The lowest BCUT2D eigenvalue weighted by Crippen LogP contribution is -1.92. The van der Waals surface area contributed by atoms with E-state index >= 15 is 0 Å². The van der Waals surface area contributed by atoms with Gasteiger partial charge in [-0.1, -0.05) is 95.3 Å². The lowest BCUT2D eigenvalue weighted by atomic mass is 10.0. The van der Waals surface area contributed by atoms with E-state index in [0.29, 0.717) is 0 Å². The number of rotatable bonds is 3. The van der Waals surface area contributed by atoms with Gasteiger partial charge in [0.25, 0.3) is 0 Å². The van der Waals surface area contributed by atoms with Crippen molar-refractivity contribution in [3.05, 3.63) is 71.8 Å². The van der Waals surface area contributed by atoms with Crippen LogP contribution in [0.2, 0.25) is 0 Å². The molecule has 0 aromatic heterocycles. The minimum absolute atomic E-state index is 0.766. The van der Waals surface area contributed by atoms with Crippen molar-refractivity contribution < 1.29 is 0 Å². The molecule has 0 nitrogen and oxygen atoms in total. The van der Waals surface area contributed by atoms with Crippen molar-refractivity contribution in [2.75, 3.05) is 0 Å². The molecule has 0 spiro atoms. The molecule has 0 saturated heterocycles. The third kappa shape index (κ3) is 9.38. The second-order valence-electron chi connectivity index (χ2n) is 4.92. The number of hydrogen-bond donors (Lipinski definition) is 0. The van der Waals surface area contributed by atoms with Crippen molar-refractivity contribution in [3.8, 4) is 0 Å². The van der Waals surface area contributed by atoms with Crippen LogP contribution in [0, 0.1) is 5.92 Å². The van der Waals surface area contributed by atoms with E-state index in [-0.39, 0.29) is 0 Å². The zero-order valence-corrected chi connectivity index (χ0v) is 13.8. The molecule has 0 aliphatic rings. The van der Waals surface area contributed by atoms with Crippen molar-refractivity contribution in [3.63, 3.8) is 0 Å². The average molecular weight is 270 g/mol. The van der Waals surface area contributed by atoms with Crippen LogP contribution in [0.15, 0.2) is 60.7 Å². The summed E-state index contributed by atoms with van der Waals surface area (Å²) in [7, 11) is 0. The summed E-state index contributed by atoms with van der Waals surface area (Å²) in [4.78, 5) is 0. The van der Waals surface area contributed by atoms with E-state index in [4.69, 9.17) is 0 Å². The molecule has 0 heterocycles. The third-order valence-electron chi connectivity index (χ3n) is 2.74. The standard InChI is InChI=1S/C10H14.C8H10.C2H6/c1-9(2)8-10-6-4-3-5-7-10;1-2-8-6-4-3-5-7-8;1-2/h3-7,9H,8H2,1-2H3;3-7H,2H2,1H3;1-2H3. The molecular weight excluding hydrogens is 240 g/mol. The summed E-state index contributed by atoms with van der Waals surface area (Å²) >= 11 is 0. The molecule has 0 unspecified atom stereocenters. The van der Waals surface area contributed by atoms with Crippen molar-refractivity contribution >= 4 is 0 Å². The van der Waals surface area contributed by atoms with E-state index in [1.165, 1.54) is 17.5 Å². The van der Waals surface area contributed by atoms with Crippen molar-refractivity contribution in [2.24, 2.45) is 5.92 Å². The highest BCUT2D eigenvalue weighted by Gasteiger charge is 1.94. The molecule has 2 rings (SSSR count). The van der Waals surface area contributed by atoms with Gasteiger partial charge in [-0.3, -0.25) is 0 Å². The Balaban J connectivity index is 0.000000327. The van der Waals surface area contributed by atoms with Crippen LogP contribution in [-0.4, -0.2) is 0 Å². The molecule has 110 valence electrons. The smallest absolute Gasteiger partial charge is 0.0256 e. The molecule has 0 aliphatic carbocycles. The summed E-state index contributed by atoms with van der Waals surface area (Å²) in [6, 6.07) is 21.1. The number of hydrogen-bond acceptors (Lipinski definition) is 0. The lowest BCUT2D eigenvalue weighted by molar-refractivity contribution is 0.647. The Hall–Kier alpha value is -1.56. The maximum absolute atomic E-state index is 2.24. The monoisotopic (exact) mass is 270 g/mol. The van der Waals surface area contributed by atoms with E-state index in [9.17, 15) is 0 Å².